The predicted molar refractivity (Wildman–Crippen MR) is 61.1 cm³/mol. The van der Waals surface area contributed by atoms with Gasteiger partial charge in [0.15, 0.2) is 0 Å². The maximum Gasteiger partial charge on any atom is 0.120 e. The van der Waals surface area contributed by atoms with Crippen LogP contribution >= 0.6 is 0 Å². The minimum Gasteiger partial charge on any atom is -0.491 e. The van der Waals surface area contributed by atoms with E-state index in [1.54, 1.807) is 0 Å². The second kappa shape index (κ2) is 4.89. The van der Waals surface area contributed by atoms with E-state index in [4.69, 9.17) is 4.74 Å². The van der Waals surface area contributed by atoms with E-state index in [1.165, 1.54) is 11.3 Å². The number of nitrogens with one attached hydrogen (secondary N) is 1. The van der Waals surface area contributed by atoms with Crippen LogP contribution in [0.25, 0.3) is 0 Å². The summed E-state index contributed by atoms with van der Waals surface area (Å²) in [5, 5.41) is 3.17. The van der Waals surface area contributed by atoms with Crippen molar-refractivity contribution in [3.05, 3.63) is 23.8 Å². The van der Waals surface area contributed by atoms with E-state index < -0.39 is 0 Å². The molecule has 0 aliphatic rings. The van der Waals surface area contributed by atoms with E-state index in [1.807, 2.05) is 27.0 Å². The molecule has 1 N–H and O–H groups in total. The first-order valence-electron chi connectivity index (χ1n) is 5.14. The van der Waals surface area contributed by atoms with Crippen molar-refractivity contribution in [1.29, 1.82) is 0 Å². The molecule has 0 saturated carbocycles. The standard InChI is InChI=1S/C12H19NO/c1-5-10-8-11(14-9(2)3)6-7-12(10)13-4/h6-9,13H,5H2,1-4H3. The average molecular weight is 193 g/mol. The summed E-state index contributed by atoms with van der Waals surface area (Å²) in [6.07, 6.45) is 1.26. The van der Waals surface area contributed by atoms with E-state index in [0.717, 1.165) is 12.2 Å². The van der Waals surface area contributed by atoms with Gasteiger partial charge < -0.3 is 10.1 Å². The largest absolute Gasteiger partial charge is 0.491 e. The molecule has 0 spiro atoms. The molecule has 0 saturated heterocycles. The van der Waals surface area contributed by atoms with E-state index >= 15 is 0 Å². The van der Waals surface area contributed by atoms with E-state index in [2.05, 4.69) is 24.4 Å². The first kappa shape index (κ1) is 10.9. The summed E-state index contributed by atoms with van der Waals surface area (Å²) in [5.41, 5.74) is 2.48. The van der Waals surface area contributed by atoms with Gasteiger partial charge in [-0.3, -0.25) is 0 Å². The van der Waals surface area contributed by atoms with Gasteiger partial charge in [-0.25, -0.2) is 0 Å². The van der Waals surface area contributed by atoms with Gasteiger partial charge in [0.2, 0.25) is 0 Å². The summed E-state index contributed by atoms with van der Waals surface area (Å²) in [7, 11) is 1.94. The van der Waals surface area contributed by atoms with E-state index in [9.17, 15) is 0 Å². The quantitative estimate of drug-likeness (QED) is 0.793. The predicted octanol–water partition coefficient (Wildman–Crippen LogP) is 3.08. The smallest absolute Gasteiger partial charge is 0.120 e. The van der Waals surface area contributed by atoms with Crippen molar-refractivity contribution in [3.8, 4) is 5.75 Å². The van der Waals surface area contributed by atoms with Crippen LogP contribution in [0.15, 0.2) is 18.2 Å². The summed E-state index contributed by atoms with van der Waals surface area (Å²) in [5.74, 6) is 0.954. The minimum absolute atomic E-state index is 0.236. The van der Waals surface area contributed by atoms with Crippen molar-refractivity contribution >= 4 is 5.69 Å². The van der Waals surface area contributed by atoms with Gasteiger partial charge in [0, 0.05) is 12.7 Å². The Morgan fingerprint density at radius 3 is 2.57 bits per heavy atom. The highest BCUT2D eigenvalue weighted by molar-refractivity contribution is 5.53. The highest BCUT2D eigenvalue weighted by atomic mass is 16.5. The maximum atomic E-state index is 5.63. The first-order chi connectivity index (χ1) is 6.67. The van der Waals surface area contributed by atoms with Crippen LogP contribution in [0.5, 0.6) is 5.75 Å². The third kappa shape index (κ3) is 2.66. The fraction of sp³-hybridized carbons (Fsp3) is 0.500. The molecule has 1 aromatic carbocycles. The number of anilines is 1. The molecule has 0 radical (unpaired) electrons. The first-order valence-corrected chi connectivity index (χ1v) is 5.14. The van der Waals surface area contributed by atoms with Crippen molar-refractivity contribution in [2.45, 2.75) is 33.3 Å². The number of aryl methyl sites for hydroxylation is 1. The Bertz CT molecular complexity index is 294. The lowest BCUT2D eigenvalue weighted by atomic mass is 10.1. The van der Waals surface area contributed by atoms with Gasteiger partial charge in [-0.2, -0.15) is 0 Å². The van der Waals surface area contributed by atoms with Crippen LogP contribution in [0.4, 0.5) is 5.69 Å². The van der Waals surface area contributed by atoms with Crippen LogP contribution in [0.1, 0.15) is 26.3 Å². The van der Waals surface area contributed by atoms with Gasteiger partial charge in [0.05, 0.1) is 6.10 Å². The third-order valence-electron chi connectivity index (χ3n) is 2.10. The Kier molecular flexibility index (Phi) is 3.81. The number of hydrogen-bond acceptors (Lipinski definition) is 2. The lowest BCUT2D eigenvalue weighted by Gasteiger charge is -2.13. The Balaban J connectivity index is 2.89. The lowest BCUT2D eigenvalue weighted by Crippen LogP contribution is -2.06. The zero-order valence-corrected chi connectivity index (χ0v) is 9.42. The monoisotopic (exact) mass is 193 g/mol. The molecule has 0 aliphatic carbocycles. The van der Waals surface area contributed by atoms with E-state index in [0.29, 0.717) is 0 Å². The molecular formula is C12H19NO. The Labute approximate surface area is 86.3 Å². The highest BCUT2D eigenvalue weighted by Gasteiger charge is 2.02. The molecule has 0 atom stereocenters. The Morgan fingerprint density at radius 2 is 2.07 bits per heavy atom. The van der Waals surface area contributed by atoms with Gasteiger partial charge in [-0.05, 0) is 44.0 Å². The van der Waals surface area contributed by atoms with E-state index in [-0.39, 0.29) is 6.10 Å². The summed E-state index contributed by atoms with van der Waals surface area (Å²) in [6.45, 7) is 6.23. The molecule has 0 unspecified atom stereocenters. The molecule has 0 fully saturated rings. The van der Waals surface area contributed by atoms with Gasteiger partial charge >= 0.3 is 0 Å². The fourth-order valence-corrected chi connectivity index (χ4v) is 1.45. The summed E-state index contributed by atoms with van der Waals surface area (Å²) < 4.78 is 5.63. The van der Waals surface area contributed by atoms with Gasteiger partial charge in [0.25, 0.3) is 0 Å². The van der Waals surface area contributed by atoms with Crippen molar-refractivity contribution in [1.82, 2.24) is 0 Å². The average Bonchev–Trinajstić information content (AvgIpc) is 2.16. The molecule has 0 aromatic heterocycles. The lowest BCUT2D eigenvalue weighted by molar-refractivity contribution is 0.242. The van der Waals surface area contributed by atoms with Crippen LogP contribution in [-0.4, -0.2) is 13.2 Å². The second-order valence-electron chi connectivity index (χ2n) is 3.59. The van der Waals surface area contributed by atoms with Crippen molar-refractivity contribution in [3.63, 3.8) is 0 Å². The summed E-state index contributed by atoms with van der Waals surface area (Å²) >= 11 is 0. The summed E-state index contributed by atoms with van der Waals surface area (Å²) in [6, 6.07) is 6.17. The fourth-order valence-electron chi connectivity index (χ4n) is 1.45. The van der Waals surface area contributed by atoms with Crippen molar-refractivity contribution in [2.75, 3.05) is 12.4 Å². The molecule has 1 rings (SSSR count). The van der Waals surface area contributed by atoms with Gasteiger partial charge in [0.1, 0.15) is 5.75 Å². The van der Waals surface area contributed by atoms with Crippen molar-refractivity contribution in [2.24, 2.45) is 0 Å². The van der Waals surface area contributed by atoms with Crippen LogP contribution in [0.2, 0.25) is 0 Å². The maximum absolute atomic E-state index is 5.63. The number of rotatable bonds is 4. The number of benzene rings is 1. The van der Waals surface area contributed by atoms with Gasteiger partial charge in [-0.1, -0.05) is 6.92 Å². The van der Waals surface area contributed by atoms with Crippen LogP contribution in [0, 0.1) is 0 Å². The van der Waals surface area contributed by atoms with Gasteiger partial charge in [-0.15, -0.1) is 0 Å². The third-order valence-corrected chi connectivity index (χ3v) is 2.10. The Hall–Kier alpha value is -1.18. The molecule has 78 valence electrons. The minimum atomic E-state index is 0.236. The number of hydrogen-bond donors (Lipinski definition) is 1. The molecule has 0 aliphatic heterocycles. The molecule has 0 amide bonds. The molecule has 2 nitrogen and oxygen atoms in total. The molecule has 0 bridgehead atoms. The summed E-state index contributed by atoms with van der Waals surface area (Å²) in [4.78, 5) is 0. The molecule has 0 heterocycles. The highest BCUT2D eigenvalue weighted by Crippen LogP contribution is 2.22. The van der Waals surface area contributed by atoms with Crippen LogP contribution in [0.3, 0.4) is 0 Å². The normalized spacial score (nSPS) is 10.4. The van der Waals surface area contributed by atoms with Crippen LogP contribution in [-0.2, 0) is 6.42 Å². The molecule has 2 heteroatoms. The molecule has 1 aromatic rings. The SMILES string of the molecule is CCc1cc(OC(C)C)ccc1NC. The topological polar surface area (TPSA) is 21.3 Å². The zero-order valence-electron chi connectivity index (χ0n) is 9.42. The number of ether oxygens (including phenoxy) is 1. The molecular weight excluding hydrogens is 174 g/mol. The van der Waals surface area contributed by atoms with Crippen molar-refractivity contribution < 1.29 is 4.74 Å². The Morgan fingerprint density at radius 1 is 1.36 bits per heavy atom. The van der Waals surface area contributed by atoms with Crippen LogP contribution < -0.4 is 10.1 Å². The zero-order chi connectivity index (χ0) is 10.6. The second-order valence-corrected chi connectivity index (χ2v) is 3.59. The molecule has 14 heavy (non-hydrogen) atoms.